The van der Waals surface area contributed by atoms with Crippen LogP contribution in [0.4, 0.5) is 0 Å². The minimum Gasteiger partial charge on any atom is -0.439 e. The van der Waals surface area contributed by atoms with E-state index in [1.165, 1.54) is 6.20 Å². The zero-order valence-corrected chi connectivity index (χ0v) is 10.6. The minimum atomic E-state index is -0.514. The first-order chi connectivity index (χ1) is 9.10. The lowest BCUT2D eigenvalue weighted by molar-refractivity contribution is 0.1000. The van der Waals surface area contributed by atoms with Gasteiger partial charge in [0.2, 0.25) is 11.8 Å². The van der Waals surface area contributed by atoms with Crippen molar-refractivity contribution in [2.75, 3.05) is 0 Å². The number of carbonyl (C=O) groups is 1. The molecule has 1 amide bonds. The Hall–Kier alpha value is -2.40. The molecule has 0 saturated carbocycles. The standard InChI is InChI=1S/C14H15N3O2/c1-9-2-3-10(7-15)6-12(9)19-13-5-4-11(8-17-13)14(16)18/h2-6,8H,7,15H2,1H3,(H2,16,18). The highest BCUT2D eigenvalue weighted by molar-refractivity contribution is 5.92. The zero-order chi connectivity index (χ0) is 13.8. The first-order valence-electron chi connectivity index (χ1n) is 5.83. The van der Waals surface area contributed by atoms with E-state index in [1.54, 1.807) is 12.1 Å². The second-order valence-corrected chi connectivity index (χ2v) is 4.16. The molecule has 0 atom stereocenters. The van der Waals surface area contributed by atoms with Crippen molar-refractivity contribution in [2.45, 2.75) is 13.5 Å². The Morgan fingerprint density at radius 2 is 2.11 bits per heavy atom. The number of benzene rings is 1. The Balaban J connectivity index is 2.23. The molecule has 19 heavy (non-hydrogen) atoms. The SMILES string of the molecule is Cc1ccc(CN)cc1Oc1ccc(C(N)=O)cn1. The molecule has 0 fully saturated rings. The average Bonchev–Trinajstić information content (AvgIpc) is 2.42. The van der Waals surface area contributed by atoms with Crippen molar-refractivity contribution in [1.29, 1.82) is 0 Å². The smallest absolute Gasteiger partial charge is 0.250 e. The number of nitrogens with zero attached hydrogens (tertiary/aromatic N) is 1. The molecule has 0 aliphatic heterocycles. The first kappa shape index (κ1) is 13.0. The summed E-state index contributed by atoms with van der Waals surface area (Å²) >= 11 is 0. The van der Waals surface area contributed by atoms with Crippen LogP contribution in [0.25, 0.3) is 0 Å². The molecule has 0 spiro atoms. The Kier molecular flexibility index (Phi) is 3.77. The molecule has 5 heteroatoms. The third-order valence-corrected chi connectivity index (χ3v) is 2.72. The number of pyridine rings is 1. The Bertz CT molecular complexity index is 594. The van der Waals surface area contributed by atoms with Gasteiger partial charge in [-0.2, -0.15) is 0 Å². The molecular formula is C14H15N3O2. The lowest BCUT2D eigenvalue weighted by Gasteiger charge is -2.09. The molecule has 98 valence electrons. The molecule has 0 bridgehead atoms. The number of hydrogen-bond donors (Lipinski definition) is 2. The summed E-state index contributed by atoms with van der Waals surface area (Å²) in [6.45, 7) is 2.39. The van der Waals surface area contributed by atoms with Gasteiger partial charge >= 0.3 is 0 Å². The van der Waals surface area contributed by atoms with Crippen LogP contribution in [0.1, 0.15) is 21.5 Å². The van der Waals surface area contributed by atoms with Gasteiger partial charge in [-0.05, 0) is 30.2 Å². The number of amides is 1. The summed E-state index contributed by atoms with van der Waals surface area (Å²) in [5.41, 5.74) is 13.0. The fraction of sp³-hybridized carbons (Fsp3) is 0.143. The molecular weight excluding hydrogens is 242 g/mol. The van der Waals surface area contributed by atoms with Crippen LogP contribution >= 0.6 is 0 Å². The quantitative estimate of drug-likeness (QED) is 0.872. The molecule has 0 aliphatic carbocycles. The van der Waals surface area contributed by atoms with Crippen LogP contribution in [0.5, 0.6) is 11.6 Å². The maximum atomic E-state index is 10.9. The van der Waals surface area contributed by atoms with Crippen molar-refractivity contribution >= 4 is 5.91 Å². The number of primary amides is 1. The molecule has 0 radical (unpaired) electrons. The van der Waals surface area contributed by atoms with Crippen molar-refractivity contribution in [3.05, 3.63) is 53.2 Å². The number of ether oxygens (including phenoxy) is 1. The van der Waals surface area contributed by atoms with Gasteiger partial charge in [-0.1, -0.05) is 12.1 Å². The summed E-state index contributed by atoms with van der Waals surface area (Å²) in [7, 11) is 0. The molecule has 0 saturated heterocycles. The third-order valence-electron chi connectivity index (χ3n) is 2.72. The van der Waals surface area contributed by atoms with Crippen LogP contribution in [-0.2, 0) is 6.54 Å². The van der Waals surface area contributed by atoms with Crippen LogP contribution in [0.3, 0.4) is 0 Å². The van der Waals surface area contributed by atoms with Crippen LogP contribution < -0.4 is 16.2 Å². The Morgan fingerprint density at radius 1 is 1.32 bits per heavy atom. The Morgan fingerprint density at radius 3 is 2.68 bits per heavy atom. The third kappa shape index (κ3) is 3.08. The molecule has 5 nitrogen and oxygen atoms in total. The van der Waals surface area contributed by atoms with Gasteiger partial charge in [0.15, 0.2) is 0 Å². The lowest BCUT2D eigenvalue weighted by atomic mass is 10.1. The van der Waals surface area contributed by atoms with E-state index >= 15 is 0 Å². The maximum Gasteiger partial charge on any atom is 0.250 e. The van der Waals surface area contributed by atoms with Gasteiger partial charge in [0, 0.05) is 18.8 Å². The summed E-state index contributed by atoms with van der Waals surface area (Å²) in [5, 5.41) is 0. The van der Waals surface area contributed by atoms with Crippen molar-refractivity contribution in [3.8, 4) is 11.6 Å². The normalized spacial score (nSPS) is 10.2. The van der Waals surface area contributed by atoms with Crippen LogP contribution in [0, 0.1) is 6.92 Å². The topological polar surface area (TPSA) is 91.2 Å². The van der Waals surface area contributed by atoms with E-state index < -0.39 is 5.91 Å². The minimum absolute atomic E-state index is 0.347. The van der Waals surface area contributed by atoms with E-state index in [0.717, 1.165) is 11.1 Å². The van der Waals surface area contributed by atoms with Gasteiger partial charge in [0.25, 0.3) is 0 Å². The van der Waals surface area contributed by atoms with Crippen LogP contribution in [0.15, 0.2) is 36.5 Å². The van der Waals surface area contributed by atoms with Crippen molar-refractivity contribution in [1.82, 2.24) is 4.98 Å². The summed E-state index contributed by atoms with van der Waals surface area (Å²) in [4.78, 5) is 15.0. The summed E-state index contributed by atoms with van der Waals surface area (Å²) < 4.78 is 5.67. The van der Waals surface area contributed by atoms with Gasteiger partial charge < -0.3 is 16.2 Å². The average molecular weight is 257 g/mol. The van der Waals surface area contributed by atoms with Gasteiger partial charge in [-0.3, -0.25) is 4.79 Å². The van der Waals surface area contributed by atoms with Gasteiger partial charge in [0.1, 0.15) is 5.75 Å². The van der Waals surface area contributed by atoms with E-state index in [9.17, 15) is 4.79 Å². The van der Waals surface area contributed by atoms with Crippen molar-refractivity contribution in [3.63, 3.8) is 0 Å². The molecule has 0 aliphatic rings. The van der Waals surface area contributed by atoms with E-state index in [0.29, 0.717) is 23.7 Å². The summed E-state index contributed by atoms with van der Waals surface area (Å²) in [5.74, 6) is 0.588. The molecule has 2 aromatic rings. The van der Waals surface area contributed by atoms with Crippen molar-refractivity contribution < 1.29 is 9.53 Å². The van der Waals surface area contributed by atoms with Gasteiger partial charge in [-0.15, -0.1) is 0 Å². The van der Waals surface area contributed by atoms with E-state index in [-0.39, 0.29) is 0 Å². The Labute approximate surface area is 111 Å². The number of nitrogens with two attached hydrogens (primary N) is 2. The predicted molar refractivity (Wildman–Crippen MR) is 71.9 cm³/mol. The van der Waals surface area contributed by atoms with Crippen LogP contribution in [-0.4, -0.2) is 10.9 Å². The molecule has 1 heterocycles. The second kappa shape index (κ2) is 5.49. The maximum absolute atomic E-state index is 10.9. The highest BCUT2D eigenvalue weighted by Gasteiger charge is 2.05. The van der Waals surface area contributed by atoms with Crippen LogP contribution in [0.2, 0.25) is 0 Å². The molecule has 1 aromatic heterocycles. The van der Waals surface area contributed by atoms with Gasteiger partial charge in [0.05, 0.1) is 5.56 Å². The fourth-order valence-corrected chi connectivity index (χ4v) is 1.58. The number of hydrogen-bond acceptors (Lipinski definition) is 4. The highest BCUT2D eigenvalue weighted by Crippen LogP contribution is 2.24. The molecule has 2 rings (SSSR count). The first-order valence-corrected chi connectivity index (χ1v) is 5.83. The molecule has 1 aromatic carbocycles. The van der Waals surface area contributed by atoms with E-state index in [1.807, 2.05) is 25.1 Å². The number of carbonyl (C=O) groups excluding carboxylic acids is 1. The fourth-order valence-electron chi connectivity index (χ4n) is 1.58. The monoisotopic (exact) mass is 257 g/mol. The molecule has 4 N–H and O–H groups in total. The summed E-state index contributed by atoms with van der Waals surface area (Å²) in [6, 6.07) is 8.95. The highest BCUT2D eigenvalue weighted by atomic mass is 16.5. The van der Waals surface area contributed by atoms with E-state index in [4.69, 9.17) is 16.2 Å². The summed E-state index contributed by atoms with van der Waals surface area (Å²) in [6.07, 6.45) is 1.39. The molecule has 0 unspecified atom stereocenters. The predicted octanol–water partition coefficient (Wildman–Crippen LogP) is 1.74. The largest absolute Gasteiger partial charge is 0.439 e. The van der Waals surface area contributed by atoms with Gasteiger partial charge in [-0.25, -0.2) is 4.98 Å². The van der Waals surface area contributed by atoms with Crippen molar-refractivity contribution in [2.24, 2.45) is 11.5 Å². The number of aryl methyl sites for hydroxylation is 1. The number of aromatic nitrogens is 1. The lowest BCUT2D eigenvalue weighted by Crippen LogP contribution is -2.10. The second-order valence-electron chi connectivity index (χ2n) is 4.16. The van der Waals surface area contributed by atoms with E-state index in [2.05, 4.69) is 4.98 Å². The zero-order valence-electron chi connectivity index (χ0n) is 10.6. The number of rotatable bonds is 4.